The van der Waals surface area contributed by atoms with Crippen LogP contribution in [0.25, 0.3) is 5.95 Å². The molecule has 0 radical (unpaired) electrons. The molecule has 2 unspecified atom stereocenters. The van der Waals surface area contributed by atoms with Crippen LogP contribution in [0.3, 0.4) is 0 Å². The highest BCUT2D eigenvalue weighted by Gasteiger charge is 2.30. The first-order valence-electron chi connectivity index (χ1n) is 10.1. The van der Waals surface area contributed by atoms with E-state index in [-0.39, 0.29) is 11.4 Å². The monoisotopic (exact) mass is 422 g/mol. The van der Waals surface area contributed by atoms with Crippen LogP contribution in [0.4, 0.5) is 5.82 Å². The summed E-state index contributed by atoms with van der Waals surface area (Å²) < 4.78 is 7.60. The van der Waals surface area contributed by atoms with Crippen molar-refractivity contribution in [3.63, 3.8) is 0 Å². The lowest BCUT2D eigenvalue weighted by atomic mass is 10.0. The zero-order valence-corrected chi connectivity index (χ0v) is 17.3. The molecule has 0 spiro atoms. The van der Waals surface area contributed by atoms with E-state index in [4.69, 9.17) is 16.3 Å². The van der Waals surface area contributed by atoms with Gasteiger partial charge in [0, 0.05) is 62.4 Å². The molecule has 3 aromatic heterocycles. The quantitative estimate of drug-likeness (QED) is 0.588. The summed E-state index contributed by atoms with van der Waals surface area (Å²) in [5.74, 6) is 1.64. The van der Waals surface area contributed by atoms with Crippen molar-refractivity contribution < 1.29 is 4.74 Å². The normalized spacial score (nSPS) is 20.2. The van der Waals surface area contributed by atoms with Crippen LogP contribution in [0.15, 0.2) is 67.5 Å². The van der Waals surface area contributed by atoms with Crippen molar-refractivity contribution in [2.45, 2.75) is 11.4 Å². The van der Waals surface area contributed by atoms with Gasteiger partial charge in [0.1, 0.15) is 5.82 Å². The number of hydrogen-bond donors (Lipinski definition) is 0. The van der Waals surface area contributed by atoms with E-state index in [1.54, 1.807) is 12.4 Å². The third-order valence-corrected chi connectivity index (χ3v) is 5.97. The number of halogens is 1. The maximum atomic E-state index is 6.61. The van der Waals surface area contributed by atoms with Crippen molar-refractivity contribution in [2.75, 3.05) is 37.7 Å². The number of rotatable bonds is 5. The first-order chi connectivity index (χ1) is 14.8. The molecule has 30 heavy (non-hydrogen) atoms. The van der Waals surface area contributed by atoms with Gasteiger partial charge in [-0.1, -0.05) is 6.07 Å². The van der Waals surface area contributed by atoms with Gasteiger partial charge in [0.25, 0.3) is 0 Å². The Morgan fingerprint density at radius 1 is 1.10 bits per heavy atom. The molecule has 1 fully saturated rings. The fourth-order valence-corrected chi connectivity index (χ4v) is 4.35. The third-order valence-electron chi connectivity index (χ3n) is 5.59. The average Bonchev–Trinajstić information content (AvgIpc) is 3.27. The lowest BCUT2D eigenvalue weighted by Gasteiger charge is -2.38. The summed E-state index contributed by atoms with van der Waals surface area (Å²) in [5.41, 5.74) is 2.25. The summed E-state index contributed by atoms with van der Waals surface area (Å²) in [4.78, 5) is 18.0. The van der Waals surface area contributed by atoms with Gasteiger partial charge in [-0.2, -0.15) is 0 Å². The molecule has 0 saturated carbocycles. The van der Waals surface area contributed by atoms with Crippen molar-refractivity contribution in [3.8, 4) is 5.95 Å². The molecule has 8 heteroatoms. The van der Waals surface area contributed by atoms with Crippen LogP contribution in [0.5, 0.6) is 0 Å². The molecular weight excluding hydrogens is 400 g/mol. The maximum Gasteiger partial charge on any atom is 0.235 e. The smallest absolute Gasteiger partial charge is 0.235 e. The van der Waals surface area contributed by atoms with Gasteiger partial charge in [-0.3, -0.25) is 14.5 Å². The first kappa shape index (κ1) is 19.2. The molecule has 0 bridgehead atoms. The number of allylic oxidation sites excluding steroid dienone is 1. The minimum Gasteiger partial charge on any atom is -0.379 e. The highest BCUT2D eigenvalue weighted by Crippen LogP contribution is 2.39. The van der Waals surface area contributed by atoms with Crippen LogP contribution in [-0.4, -0.2) is 57.3 Å². The summed E-state index contributed by atoms with van der Waals surface area (Å²) in [6.45, 7) is 4.04. The molecule has 0 aliphatic carbocycles. The summed E-state index contributed by atoms with van der Waals surface area (Å²) in [6.07, 6.45) is 13.4. The van der Waals surface area contributed by atoms with E-state index in [9.17, 15) is 0 Å². The van der Waals surface area contributed by atoms with E-state index in [2.05, 4.69) is 37.0 Å². The molecule has 2 aliphatic heterocycles. The molecule has 0 N–H and O–H groups in total. The number of alkyl halides is 1. The predicted octanol–water partition coefficient (Wildman–Crippen LogP) is 3.35. The van der Waals surface area contributed by atoms with Crippen LogP contribution in [0, 0.1) is 0 Å². The number of aromatic nitrogens is 4. The molecule has 2 atom stereocenters. The third kappa shape index (κ3) is 3.71. The standard InChI is InChI=1S/C22H23ClN6O/c23-19-5-9-28(21-18(19)4-10-29(21)22-25-7-2-8-26-22)16-20(17-3-1-6-24-15-17)27-11-13-30-14-12-27/h1-10,15,19-20H,11-14,16H2. The van der Waals surface area contributed by atoms with Gasteiger partial charge in [0.15, 0.2) is 0 Å². The van der Waals surface area contributed by atoms with Crippen molar-refractivity contribution in [2.24, 2.45) is 0 Å². The van der Waals surface area contributed by atoms with Crippen LogP contribution in [0.1, 0.15) is 22.5 Å². The van der Waals surface area contributed by atoms with Gasteiger partial charge >= 0.3 is 0 Å². The fourth-order valence-electron chi connectivity index (χ4n) is 4.12. The first-order valence-corrected chi connectivity index (χ1v) is 10.5. The van der Waals surface area contributed by atoms with Gasteiger partial charge in [-0.15, -0.1) is 11.6 Å². The Morgan fingerprint density at radius 2 is 1.93 bits per heavy atom. The van der Waals surface area contributed by atoms with Gasteiger partial charge in [-0.25, -0.2) is 9.97 Å². The van der Waals surface area contributed by atoms with E-state index in [1.165, 1.54) is 5.56 Å². The lowest BCUT2D eigenvalue weighted by Crippen LogP contribution is -2.43. The van der Waals surface area contributed by atoms with Crippen molar-refractivity contribution >= 4 is 17.4 Å². The highest BCUT2D eigenvalue weighted by atomic mass is 35.5. The van der Waals surface area contributed by atoms with E-state index in [0.717, 1.165) is 44.2 Å². The predicted molar refractivity (Wildman–Crippen MR) is 116 cm³/mol. The van der Waals surface area contributed by atoms with Crippen LogP contribution in [-0.2, 0) is 4.74 Å². The number of fused-ring (bicyclic) bond motifs is 1. The molecular formula is C22H23ClN6O. The van der Waals surface area contributed by atoms with Crippen LogP contribution in [0.2, 0.25) is 0 Å². The Hall–Kier alpha value is -2.74. The molecule has 154 valence electrons. The van der Waals surface area contributed by atoms with Gasteiger partial charge in [0.05, 0.1) is 24.6 Å². The molecule has 1 saturated heterocycles. The molecule has 2 aliphatic rings. The molecule has 0 aromatic carbocycles. The largest absolute Gasteiger partial charge is 0.379 e. The van der Waals surface area contributed by atoms with Crippen molar-refractivity contribution in [1.82, 2.24) is 24.4 Å². The Bertz CT molecular complexity index is 1000. The SMILES string of the molecule is ClC1C=CN(CC(c2cccnc2)N2CCOCC2)c2c1ccn2-c1ncccn1. The lowest BCUT2D eigenvalue weighted by molar-refractivity contribution is 0.0177. The summed E-state index contributed by atoms with van der Waals surface area (Å²) in [6, 6.07) is 8.18. The highest BCUT2D eigenvalue weighted by molar-refractivity contribution is 6.22. The molecule has 0 amide bonds. The zero-order valence-electron chi connectivity index (χ0n) is 16.5. The van der Waals surface area contributed by atoms with Crippen molar-refractivity contribution in [3.05, 3.63) is 78.7 Å². The second kappa shape index (κ2) is 8.55. The van der Waals surface area contributed by atoms with E-state index >= 15 is 0 Å². The number of ether oxygens (including phenoxy) is 1. The second-order valence-electron chi connectivity index (χ2n) is 7.36. The van der Waals surface area contributed by atoms with E-state index in [1.807, 2.05) is 47.4 Å². The van der Waals surface area contributed by atoms with Crippen LogP contribution >= 0.6 is 11.6 Å². The van der Waals surface area contributed by atoms with Gasteiger partial charge in [0.2, 0.25) is 5.95 Å². The summed E-state index contributed by atoms with van der Waals surface area (Å²) in [7, 11) is 0. The Balaban J connectivity index is 1.52. The topological polar surface area (TPSA) is 59.3 Å². The van der Waals surface area contributed by atoms with E-state index < -0.39 is 0 Å². The Morgan fingerprint density at radius 3 is 2.70 bits per heavy atom. The minimum absolute atomic E-state index is 0.173. The number of pyridine rings is 1. The molecule has 3 aromatic rings. The van der Waals surface area contributed by atoms with E-state index in [0.29, 0.717) is 5.95 Å². The number of anilines is 1. The maximum absolute atomic E-state index is 6.61. The number of nitrogens with zero attached hydrogens (tertiary/aromatic N) is 6. The molecule has 7 nitrogen and oxygen atoms in total. The van der Waals surface area contributed by atoms with Crippen molar-refractivity contribution in [1.29, 1.82) is 0 Å². The summed E-state index contributed by atoms with van der Waals surface area (Å²) >= 11 is 6.61. The number of hydrogen-bond acceptors (Lipinski definition) is 6. The average molecular weight is 423 g/mol. The minimum atomic E-state index is -0.179. The molecule has 5 rings (SSSR count). The molecule has 5 heterocycles. The van der Waals surface area contributed by atoms with Gasteiger partial charge < -0.3 is 9.64 Å². The summed E-state index contributed by atoms with van der Waals surface area (Å²) in [5, 5.41) is -0.179. The van der Waals surface area contributed by atoms with Crippen LogP contribution < -0.4 is 4.90 Å². The fraction of sp³-hybridized carbons (Fsp3) is 0.318. The zero-order chi connectivity index (χ0) is 20.3. The van der Waals surface area contributed by atoms with Gasteiger partial charge in [-0.05, 0) is 29.8 Å². The Kier molecular flexibility index (Phi) is 5.48. The number of morpholine rings is 1. The second-order valence-corrected chi connectivity index (χ2v) is 7.83. The Labute approximate surface area is 180 Å².